The van der Waals surface area contributed by atoms with Crippen LogP contribution in [-0.4, -0.2) is 28.4 Å². The first kappa shape index (κ1) is 17.0. The van der Waals surface area contributed by atoms with Gasteiger partial charge in [0.1, 0.15) is 5.56 Å². The molecule has 0 amide bonds. The van der Waals surface area contributed by atoms with Crippen LogP contribution in [0.15, 0.2) is 15.8 Å². The maximum absolute atomic E-state index is 13.1. The summed E-state index contributed by atoms with van der Waals surface area (Å²) in [4.78, 5) is 26.6. The Morgan fingerprint density at radius 3 is 2.67 bits per heavy atom. The summed E-state index contributed by atoms with van der Waals surface area (Å²) in [5.41, 5.74) is 4.21. The third kappa shape index (κ3) is 2.54. The smallest absolute Gasteiger partial charge is 0.277 e. The Labute approximate surface area is 145 Å². The predicted octanol–water partition coefficient (Wildman–Crippen LogP) is 3.05. The predicted molar refractivity (Wildman–Crippen MR) is 95.2 cm³/mol. The fourth-order valence-corrected chi connectivity index (χ4v) is 4.73. The molecule has 1 aliphatic heterocycles. The van der Waals surface area contributed by atoms with Crippen LogP contribution in [0.4, 0.5) is 0 Å². The standard InChI is InChI=1S/C18H22N2O3S/c1-9-8-12(16(21)15-11(3)19-20(4)18(15)22)10(2)14-13(23-5)6-7-24-17(9)14/h8,13,19H,6-7H2,1-5H3. The first-order valence-electron chi connectivity index (χ1n) is 7.96. The number of nitrogens with one attached hydrogen (secondary N) is 1. The van der Waals surface area contributed by atoms with Crippen LogP contribution in [0, 0.1) is 20.8 Å². The van der Waals surface area contributed by atoms with Gasteiger partial charge in [-0.2, -0.15) is 0 Å². The highest BCUT2D eigenvalue weighted by Crippen LogP contribution is 2.43. The van der Waals surface area contributed by atoms with Gasteiger partial charge in [0, 0.05) is 36.1 Å². The van der Waals surface area contributed by atoms with Crippen LogP contribution < -0.4 is 5.56 Å². The van der Waals surface area contributed by atoms with Gasteiger partial charge in [0.25, 0.3) is 5.56 Å². The number of benzene rings is 1. The van der Waals surface area contributed by atoms with Gasteiger partial charge in [-0.3, -0.25) is 19.4 Å². The Balaban J connectivity index is 2.21. The zero-order valence-electron chi connectivity index (χ0n) is 14.6. The zero-order chi connectivity index (χ0) is 17.6. The third-order valence-corrected chi connectivity index (χ3v) is 5.98. The van der Waals surface area contributed by atoms with Crippen LogP contribution in [0.5, 0.6) is 0 Å². The molecule has 2 aromatic rings. The number of hydrogen-bond acceptors (Lipinski definition) is 4. The second-order valence-electron chi connectivity index (χ2n) is 6.28. The second kappa shape index (κ2) is 6.26. The molecular weight excluding hydrogens is 324 g/mol. The van der Waals surface area contributed by atoms with E-state index in [1.54, 1.807) is 21.1 Å². The molecule has 1 aromatic carbocycles. The number of aromatic nitrogens is 2. The zero-order valence-corrected chi connectivity index (χ0v) is 15.5. The fraction of sp³-hybridized carbons (Fsp3) is 0.444. The van der Waals surface area contributed by atoms with E-state index in [1.807, 2.05) is 31.7 Å². The van der Waals surface area contributed by atoms with E-state index in [0.29, 0.717) is 11.3 Å². The van der Waals surface area contributed by atoms with Gasteiger partial charge < -0.3 is 4.74 Å². The highest BCUT2D eigenvalue weighted by Gasteiger charge is 2.29. The fourth-order valence-electron chi connectivity index (χ4n) is 3.47. The van der Waals surface area contributed by atoms with Crippen molar-refractivity contribution in [1.82, 2.24) is 9.78 Å². The van der Waals surface area contributed by atoms with E-state index in [-0.39, 0.29) is 23.0 Å². The number of nitrogens with zero attached hydrogens (tertiary/aromatic N) is 1. The first-order chi connectivity index (χ1) is 11.4. The summed E-state index contributed by atoms with van der Waals surface area (Å²) in [5, 5.41) is 2.90. The van der Waals surface area contributed by atoms with E-state index in [4.69, 9.17) is 4.74 Å². The van der Waals surface area contributed by atoms with E-state index < -0.39 is 0 Å². The van der Waals surface area contributed by atoms with Gasteiger partial charge in [-0.1, -0.05) is 0 Å². The minimum atomic E-state index is -0.287. The SMILES string of the molecule is COC1CCSc2c(C)cc(C(=O)c3c(C)[nH]n(C)c3=O)c(C)c21. The van der Waals surface area contributed by atoms with Crippen LogP contribution in [-0.2, 0) is 11.8 Å². The molecule has 0 bridgehead atoms. The van der Waals surface area contributed by atoms with Gasteiger partial charge in [-0.05, 0) is 49.9 Å². The number of thioether (sulfide) groups is 1. The Kier molecular flexibility index (Phi) is 4.44. The number of aromatic amines is 1. The molecule has 1 unspecified atom stereocenters. The second-order valence-corrected chi connectivity index (χ2v) is 7.38. The van der Waals surface area contributed by atoms with Crippen molar-refractivity contribution < 1.29 is 9.53 Å². The molecule has 0 fully saturated rings. The van der Waals surface area contributed by atoms with Crippen molar-refractivity contribution >= 4 is 17.5 Å². The van der Waals surface area contributed by atoms with Gasteiger partial charge in [-0.25, -0.2) is 0 Å². The van der Waals surface area contributed by atoms with Gasteiger partial charge in [0.05, 0.1) is 6.10 Å². The van der Waals surface area contributed by atoms with Crippen LogP contribution in [0.1, 0.15) is 50.8 Å². The van der Waals surface area contributed by atoms with Crippen molar-refractivity contribution in [2.24, 2.45) is 7.05 Å². The summed E-state index contributed by atoms with van der Waals surface area (Å²) in [6, 6.07) is 1.91. The third-order valence-electron chi connectivity index (χ3n) is 4.71. The lowest BCUT2D eigenvalue weighted by Gasteiger charge is -2.28. The molecule has 0 radical (unpaired) electrons. The number of carbonyl (C=O) groups excluding carboxylic acids is 1. The monoisotopic (exact) mass is 346 g/mol. The highest BCUT2D eigenvalue weighted by atomic mass is 32.2. The molecule has 0 saturated heterocycles. The molecule has 1 aromatic heterocycles. The van der Waals surface area contributed by atoms with Crippen LogP contribution in [0.3, 0.4) is 0 Å². The Hall–Kier alpha value is -1.79. The summed E-state index contributed by atoms with van der Waals surface area (Å²) in [5.74, 6) is 0.791. The van der Waals surface area contributed by atoms with Gasteiger partial charge in [-0.15, -0.1) is 11.8 Å². The molecule has 5 nitrogen and oxygen atoms in total. The minimum Gasteiger partial charge on any atom is -0.377 e. The molecule has 6 heteroatoms. The van der Waals surface area contributed by atoms with Gasteiger partial charge in [0.2, 0.25) is 5.78 Å². The summed E-state index contributed by atoms with van der Waals surface area (Å²) in [6.45, 7) is 5.72. The molecule has 24 heavy (non-hydrogen) atoms. The lowest BCUT2D eigenvalue weighted by molar-refractivity contribution is 0.0961. The number of aryl methyl sites for hydroxylation is 3. The van der Waals surface area contributed by atoms with Gasteiger partial charge >= 0.3 is 0 Å². The molecule has 3 rings (SSSR count). The number of hydrogen-bond donors (Lipinski definition) is 1. The number of H-pyrrole nitrogens is 1. The molecule has 0 saturated carbocycles. The molecule has 1 atom stereocenters. The summed E-state index contributed by atoms with van der Waals surface area (Å²) < 4.78 is 6.99. The summed E-state index contributed by atoms with van der Waals surface area (Å²) in [6.07, 6.45) is 0.930. The summed E-state index contributed by atoms with van der Waals surface area (Å²) in [7, 11) is 3.33. The average molecular weight is 346 g/mol. The Morgan fingerprint density at radius 2 is 2.08 bits per heavy atom. The summed E-state index contributed by atoms with van der Waals surface area (Å²) >= 11 is 1.81. The normalized spacial score (nSPS) is 17.0. The van der Waals surface area contributed by atoms with Crippen molar-refractivity contribution in [3.63, 3.8) is 0 Å². The molecule has 1 aliphatic rings. The van der Waals surface area contributed by atoms with Crippen LogP contribution >= 0.6 is 11.8 Å². The topological polar surface area (TPSA) is 64.1 Å². The van der Waals surface area contributed by atoms with Crippen molar-refractivity contribution in [1.29, 1.82) is 0 Å². The van der Waals surface area contributed by atoms with E-state index >= 15 is 0 Å². The van der Waals surface area contributed by atoms with E-state index in [1.165, 1.54) is 9.58 Å². The molecular formula is C18H22N2O3S. The molecule has 128 valence electrons. The number of carbonyl (C=O) groups is 1. The van der Waals surface area contributed by atoms with Gasteiger partial charge in [0.15, 0.2) is 0 Å². The quantitative estimate of drug-likeness (QED) is 0.868. The van der Waals surface area contributed by atoms with Crippen molar-refractivity contribution in [3.05, 3.63) is 49.9 Å². The lowest BCUT2D eigenvalue weighted by atomic mass is 9.90. The van der Waals surface area contributed by atoms with Crippen molar-refractivity contribution in [3.8, 4) is 0 Å². The first-order valence-corrected chi connectivity index (χ1v) is 8.95. The Bertz CT molecular complexity index is 879. The molecule has 0 aliphatic carbocycles. The van der Waals surface area contributed by atoms with E-state index in [0.717, 1.165) is 28.9 Å². The largest absolute Gasteiger partial charge is 0.377 e. The highest BCUT2D eigenvalue weighted by molar-refractivity contribution is 7.99. The maximum Gasteiger partial charge on any atom is 0.277 e. The number of ketones is 1. The molecule has 1 N–H and O–H groups in total. The van der Waals surface area contributed by atoms with Crippen molar-refractivity contribution in [2.45, 2.75) is 38.2 Å². The van der Waals surface area contributed by atoms with Crippen LogP contribution in [0.25, 0.3) is 0 Å². The number of ether oxygens (including phenoxy) is 1. The lowest BCUT2D eigenvalue weighted by Crippen LogP contribution is -2.21. The molecule has 0 spiro atoms. The van der Waals surface area contributed by atoms with Crippen LogP contribution in [0.2, 0.25) is 0 Å². The van der Waals surface area contributed by atoms with E-state index in [9.17, 15) is 9.59 Å². The molecule has 2 heterocycles. The number of rotatable bonds is 3. The van der Waals surface area contributed by atoms with Crippen molar-refractivity contribution in [2.75, 3.05) is 12.9 Å². The maximum atomic E-state index is 13.1. The average Bonchev–Trinajstić information content (AvgIpc) is 2.82. The van der Waals surface area contributed by atoms with E-state index in [2.05, 4.69) is 5.10 Å². The number of methoxy groups -OCH3 is 1. The minimum absolute atomic E-state index is 0.00264. The number of fused-ring (bicyclic) bond motifs is 1. The Morgan fingerprint density at radius 1 is 1.38 bits per heavy atom.